The number of para-hydroxylation sites is 1. The zero-order chi connectivity index (χ0) is 16.7. The van der Waals surface area contributed by atoms with Gasteiger partial charge in [0.15, 0.2) is 0 Å². The number of hydrogen-bond acceptors (Lipinski definition) is 3. The van der Waals surface area contributed by atoms with Gasteiger partial charge in [0.05, 0.1) is 12.6 Å². The smallest absolute Gasteiger partial charge is 0.243 e. The van der Waals surface area contributed by atoms with Crippen LogP contribution in [0.25, 0.3) is 0 Å². The van der Waals surface area contributed by atoms with Crippen molar-refractivity contribution in [1.29, 1.82) is 0 Å². The number of anilines is 2. The molecule has 122 valence electrons. The van der Waals surface area contributed by atoms with Crippen LogP contribution in [0, 0.1) is 0 Å². The van der Waals surface area contributed by atoms with Gasteiger partial charge in [0, 0.05) is 15.8 Å². The number of ether oxygens (including phenoxy) is 1. The molecule has 0 aliphatic heterocycles. The van der Waals surface area contributed by atoms with E-state index in [9.17, 15) is 4.79 Å². The third-order valence-electron chi connectivity index (χ3n) is 3.36. The summed E-state index contributed by atoms with van der Waals surface area (Å²) in [7, 11) is 0. The fourth-order valence-electron chi connectivity index (χ4n) is 1.92. The maximum atomic E-state index is 12.0. The Morgan fingerprint density at radius 1 is 1.17 bits per heavy atom. The van der Waals surface area contributed by atoms with Crippen molar-refractivity contribution in [1.82, 2.24) is 0 Å². The summed E-state index contributed by atoms with van der Waals surface area (Å²) in [6.07, 6.45) is 1.14. The van der Waals surface area contributed by atoms with Gasteiger partial charge in [-0.1, -0.05) is 19.1 Å². The Morgan fingerprint density at radius 3 is 2.52 bits per heavy atom. The standard InChI is InChI=1S/C18H21BrN2O2/c1-3-13(2)23-15-10-8-14(9-11-15)21-18(22)12-20-17-7-5-4-6-16(17)19/h4-11,13,20H,3,12H2,1-2H3,(H,21,22). The Balaban J connectivity index is 1.84. The maximum Gasteiger partial charge on any atom is 0.243 e. The minimum atomic E-state index is -0.101. The molecule has 0 saturated heterocycles. The molecule has 2 rings (SSSR count). The van der Waals surface area contributed by atoms with E-state index in [0.717, 1.165) is 28.0 Å². The molecule has 2 aromatic carbocycles. The molecule has 0 radical (unpaired) electrons. The molecule has 1 atom stereocenters. The highest BCUT2D eigenvalue weighted by Crippen LogP contribution is 2.21. The summed E-state index contributed by atoms with van der Waals surface area (Å²) in [6, 6.07) is 15.1. The van der Waals surface area contributed by atoms with Gasteiger partial charge >= 0.3 is 0 Å². The quantitative estimate of drug-likeness (QED) is 0.737. The number of nitrogens with one attached hydrogen (secondary N) is 2. The van der Waals surface area contributed by atoms with Crippen molar-refractivity contribution in [3.8, 4) is 5.75 Å². The highest BCUT2D eigenvalue weighted by Gasteiger charge is 2.05. The summed E-state index contributed by atoms with van der Waals surface area (Å²) in [4.78, 5) is 12.0. The van der Waals surface area contributed by atoms with Gasteiger partial charge < -0.3 is 15.4 Å². The Labute approximate surface area is 145 Å². The van der Waals surface area contributed by atoms with Gasteiger partial charge in [0.1, 0.15) is 5.75 Å². The molecule has 0 bridgehead atoms. The van der Waals surface area contributed by atoms with Crippen LogP contribution in [-0.4, -0.2) is 18.6 Å². The maximum absolute atomic E-state index is 12.0. The zero-order valence-corrected chi connectivity index (χ0v) is 14.9. The molecule has 0 aliphatic rings. The van der Waals surface area contributed by atoms with Crippen LogP contribution in [0.3, 0.4) is 0 Å². The number of carbonyl (C=O) groups is 1. The highest BCUT2D eigenvalue weighted by molar-refractivity contribution is 9.10. The highest BCUT2D eigenvalue weighted by atomic mass is 79.9. The molecule has 0 aliphatic carbocycles. The van der Waals surface area contributed by atoms with Crippen LogP contribution in [0.1, 0.15) is 20.3 Å². The van der Waals surface area contributed by atoms with Crippen LogP contribution in [0.15, 0.2) is 53.0 Å². The first-order chi connectivity index (χ1) is 11.1. The van der Waals surface area contributed by atoms with Crippen LogP contribution in [-0.2, 0) is 4.79 Å². The van der Waals surface area contributed by atoms with Gasteiger partial charge in [-0.3, -0.25) is 4.79 Å². The predicted molar refractivity (Wildman–Crippen MR) is 98.1 cm³/mol. The number of halogens is 1. The lowest BCUT2D eigenvalue weighted by molar-refractivity contribution is -0.114. The molecule has 5 heteroatoms. The number of hydrogen-bond donors (Lipinski definition) is 2. The first-order valence-corrected chi connectivity index (χ1v) is 8.42. The normalized spacial score (nSPS) is 11.6. The summed E-state index contributed by atoms with van der Waals surface area (Å²) in [5, 5.41) is 5.95. The summed E-state index contributed by atoms with van der Waals surface area (Å²) >= 11 is 3.44. The van der Waals surface area contributed by atoms with E-state index in [1.54, 1.807) is 0 Å². The SMILES string of the molecule is CCC(C)Oc1ccc(NC(=O)CNc2ccccc2Br)cc1. The van der Waals surface area contributed by atoms with Crippen molar-refractivity contribution in [2.24, 2.45) is 0 Å². The molecule has 1 amide bonds. The third kappa shape index (κ3) is 5.60. The van der Waals surface area contributed by atoms with Crippen molar-refractivity contribution < 1.29 is 9.53 Å². The van der Waals surface area contributed by atoms with Gasteiger partial charge in [-0.15, -0.1) is 0 Å². The minimum absolute atomic E-state index is 0.101. The second-order valence-electron chi connectivity index (χ2n) is 5.24. The molecule has 0 heterocycles. The van der Waals surface area contributed by atoms with Crippen LogP contribution < -0.4 is 15.4 Å². The lowest BCUT2D eigenvalue weighted by Gasteiger charge is -2.13. The van der Waals surface area contributed by atoms with E-state index >= 15 is 0 Å². The van der Waals surface area contributed by atoms with Crippen molar-refractivity contribution in [2.45, 2.75) is 26.4 Å². The fraction of sp³-hybridized carbons (Fsp3) is 0.278. The molecular formula is C18H21BrN2O2. The van der Waals surface area contributed by atoms with Crippen molar-refractivity contribution in [2.75, 3.05) is 17.2 Å². The van der Waals surface area contributed by atoms with Crippen molar-refractivity contribution in [3.63, 3.8) is 0 Å². The van der Waals surface area contributed by atoms with Gasteiger partial charge in [-0.2, -0.15) is 0 Å². The van der Waals surface area contributed by atoms with Crippen LogP contribution in [0.5, 0.6) is 5.75 Å². The lowest BCUT2D eigenvalue weighted by Crippen LogP contribution is -2.21. The molecule has 0 spiro atoms. The van der Waals surface area contributed by atoms with E-state index in [4.69, 9.17) is 4.74 Å². The van der Waals surface area contributed by atoms with Gasteiger partial charge in [0.25, 0.3) is 0 Å². The van der Waals surface area contributed by atoms with Crippen LogP contribution in [0.4, 0.5) is 11.4 Å². The fourth-order valence-corrected chi connectivity index (χ4v) is 2.34. The Bertz CT molecular complexity index is 644. The first-order valence-electron chi connectivity index (χ1n) is 7.63. The first kappa shape index (κ1) is 17.3. The summed E-state index contributed by atoms with van der Waals surface area (Å²) in [6.45, 7) is 4.31. The molecular weight excluding hydrogens is 356 g/mol. The van der Waals surface area contributed by atoms with E-state index in [1.165, 1.54) is 0 Å². The summed E-state index contributed by atoms with van der Waals surface area (Å²) < 4.78 is 6.64. The second kappa shape index (κ2) is 8.58. The van der Waals surface area contributed by atoms with Crippen LogP contribution in [0.2, 0.25) is 0 Å². The largest absolute Gasteiger partial charge is 0.491 e. The topological polar surface area (TPSA) is 50.4 Å². The van der Waals surface area contributed by atoms with Crippen LogP contribution >= 0.6 is 15.9 Å². The van der Waals surface area contributed by atoms with Gasteiger partial charge in [0.2, 0.25) is 5.91 Å². The van der Waals surface area contributed by atoms with E-state index in [0.29, 0.717) is 0 Å². The zero-order valence-electron chi connectivity index (χ0n) is 13.3. The van der Waals surface area contributed by atoms with E-state index in [2.05, 4.69) is 33.5 Å². The monoisotopic (exact) mass is 376 g/mol. The molecule has 2 aromatic rings. The van der Waals surface area contributed by atoms with E-state index < -0.39 is 0 Å². The molecule has 0 aromatic heterocycles. The number of amides is 1. The van der Waals surface area contributed by atoms with Crippen molar-refractivity contribution in [3.05, 3.63) is 53.0 Å². The van der Waals surface area contributed by atoms with E-state index in [-0.39, 0.29) is 18.6 Å². The van der Waals surface area contributed by atoms with E-state index in [1.807, 2.05) is 55.5 Å². The molecule has 4 nitrogen and oxygen atoms in total. The minimum Gasteiger partial charge on any atom is -0.491 e. The Kier molecular flexibility index (Phi) is 6.47. The lowest BCUT2D eigenvalue weighted by atomic mass is 10.2. The number of rotatable bonds is 7. The molecule has 2 N–H and O–H groups in total. The molecule has 23 heavy (non-hydrogen) atoms. The van der Waals surface area contributed by atoms with Crippen molar-refractivity contribution >= 4 is 33.2 Å². The molecule has 0 saturated carbocycles. The Morgan fingerprint density at radius 2 is 1.87 bits per heavy atom. The number of benzene rings is 2. The van der Waals surface area contributed by atoms with Gasteiger partial charge in [-0.05, 0) is 65.7 Å². The summed E-state index contributed by atoms with van der Waals surface area (Å²) in [5.41, 5.74) is 1.64. The van der Waals surface area contributed by atoms with Gasteiger partial charge in [-0.25, -0.2) is 0 Å². The molecule has 1 unspecified atom stereocenters. The summed E-state index contributed by atoms with van der Waals surface area (Å²) in [5.74, 6) is 0.708. The average Bonchev–Trinajstić information content (AvgIpc) is 2.56. The Hall–Kier alpha value is -2.01. The predicted octanol–water partition coefficient (Wildman–Crippen LogP) is 4.68. The third-order valence-corrected chi connectivity index (χ3v) is 4.06. The average molecular weight is 377 g/mol. The number of carbonyl (C=O) groups excluding carboxylic acids is 1. The molecule has 0 fully saturated rings. The second-order valence-corrected chi connectivity index (χ2v) is 6.10.